The average molecular weight is 713 g/mol. The smallest absolute Gasteiger partial charge is 0.144 e. The van der Waals surface area contributed by atoms with E-state index in [2.05, 4.69) is 196 Å². The van der Waals surface area contributed by atoms with E-state index in [0.29, 0.717) is 0 Å². The highest BCUT2D eigenvalue weighted by Gasteiger charge is 2.40. The number of fused-ring (bicyclic) bond motifs is 13. The third-order valence-corrected chi connectivity index (χ3v) is 12.6. The van der Waals surface area contributed by atoms with Crippen LogP contribution in [0.2, 0.25) is 0 Å². The lowest BCUT2D eigenvalue weighted by Crippen LogP contribution is -2.15. The summed E-state index contributed by atoms with van der Waals surface area (Å²) in [5.74, 6) is 0. The summed E-state index contributed by atoms with van der Waals surface area (Å²) < 4.78 is 6.80. The van der Waals surface area contributed by atoms with Gasteiger partial charge in [-0.05, 0) is 105 Å². The number of benzene rings is 10. The van der Waals surface area contributed by atoms with Crippen LogP contribution in [0.4, 0.5) is 0 Å². The van der Waals surface area contributed by atoms with Crippen molar-refractivity contribution in [2.75, 3.05) is 0 Å². The molecule has 1 aliphatic rings. The van der Waals surface area contributed by atoms with Gasteiger partial charge in [0, 0.05) is 21.8 Å². The van der Waals surface area contributed by atoms with Crippen molar-refractivity contribution in [3.8, 4) is 44.5 Å². The lowest BCUT2D eigenvalue weighted by molar-refractivity contribution is 0.658. The fourth-order valence-corrected chi connectivity index (χ4v) is 10.2. The van der Waals surface area contributed by atoms with E-state index in [-0.39, 0.29) is 5.41 Å². The Balaban J connectivity index is 1.13. The van der Waals surface area contributed by atoms with Gasteiger partial charge in [0.25, 0.3) is 0 Å². The second kappa shape index (κ2) is 11.5. The minimum absolute atomic E-state index is 0.252. The van der Waals surface area contributed by atoms with Crippen molar-refractivity contribution in [1.29, 1.82) is 0 Å². The average Bonchev–Trinajstić information content (AvgIpc) is 3.75. The molecule has 10 aromatic carbocycles. The minimum atomic E-state index is -0.252. The Morgan fingerprint density at radius 1 is 0.357 bits per heavy atom. The Hall–Kier alpha value is -6.96. The van der Waals surface area contributed by atoms with Crippen molar-refractivity contribution in [1.82, 2.24) is 0 Å². The van der Waals surface area contributed by atoms with Crippen molar-refractivity contribution in [3.05, 3.63) is 193 Å². The summed E-state index contributed by atoms with van der Waals surface area (Å²) in [5.41, 5.74) is 14.4. The molecule has 0 spiro atoms. The predicted octanol–water partition coefficient (Wildman–Crippen LogP) is 15.5. The third-order valence-electron chi connectivity index (χ3n) is 12.6. The van der Waals surface area contributed by atoms with Gasteiger partial charge in [-0.1, -0.05) is 184 Å². The zero-order valence-electron chi connectivity index (χ0n) is 31.2. The fraction of sp³-hybridized carbons (Fsp3) is 0.0545. The lowest BCUT2D eigenvalue weighted by atomic mass is 9.78. The van der Waals surface area contributed by atoms with Crippen molar-refractivity contribution < 1.29 is 4.42 Å². The summed E-state index contributed by atoms with van der Waals surface area (Å²) in [6, 6.07) is 66.9. The topological polar surface area (TPSA) is 13.1 Å². The molecule has 0 atom stereocenters. The van der Waals surface area contributed by atoms with E-state index in [1.54, 1.807) is 0 Å². The van der Waals surface area contributed by atoms with Gasteiger partial charge in [0.15, 0.2) is 0 Å². The monoisotopic (exact) mass is 712 g/mol. The highest BCUT2D eigenvalue weighted by Crippen LogP contribution is 2.57. The van der Waals surface area contributed by atoms with Crippen LogP contribution in [0.5, 0.6) is 0 Å². The number of hydrogen-bond acceptors (Lipinski definition) is 1. The van der Waals surface area contributed by atoms with Crippen LogP contribution in [0, 0.1) is 0 Å². The summed E-state index contributed by atoms with van der Waals surface area (Å²) >= 11 is 0. The standard InChI is InChI=1S/C55H36O/c1-55(2)47-32-34(28-29-45(47)52-53(55)44-25-13-12-24-42(44)51-46-26-14-15-27-48(46)56-54(51)52)49-38-20-8-10-22-40(38)50(41-23-11-9-21-39(41)49)43-31-30-35(33-16-4-3-5-17-33)36-18-6-7-19-37(36)43/h3-32H,1-2H3. The normalized spacial score (nSPS) is 13.3. The first-order chi connectivity index (χ1) is 27.6. The molecule has 0 unspecified atom stereocenters. The van der Waals surface area contributed by atoms with Gasteiger partial charge in [-0.15, -0.1) is 0 Å². The van der Waals surface area contributed by atoms with Crippen LogP contribution in [-0.4, -0.2) is 0 Å². The first-order valence-electron chi connectivity index (χ1n) is 19.6. The molecule has 1 heteroatoms. The van der Waals surface area contributed by atoms with Crippen LogP contribution in [0.25, 0.3) is 110 Å². The molecule has 0 amide bonds. The van der Waals surface area contributed by atoms with E-state index in [4.69, 9.17) is 4.42 Å². The predicted molar refractivity (Wildman–Crippen MR) is 238 cm³/mol. The van der Waals surface area contributed by atoms with Gasteiger partial charge in [-0.3, -0.25) is 0 Å². The quantitative estimate of drug-likeness (QED) is 0.166. The van der Waals surface area contributed by atoms with E-state index in [0.717, 1.165) is 11.2 Å². The highest BCUT2D eigenvalue weighted by atomic mass is 16.3. The van der Waals surface area contributed by atoms with Gasteiger partial charge in [0.1, 0.15) is 11.2 Å². The molecule has 0 saturated heterocycles. The molecule has 0 radical (unpaired) electrons. The molecule has 0 saturated carbocycles. The summed E-state index contributed by atoms with van der Waals surface area (Å²) in [7, 11) is 0. The molecule has 1 heterocycles. The number of rotatable bonds is 3. The van der Waals surface area contributed by atoms with Crippen LogP contribution < -0.4 is 0 Å². The molecule has 0 fully saturated rings. The highest BCUT2D eigenvalue weighted by molar-refractivity contribution is 6.26. The second-order valence-electron chi connectivity index (χ2n) is 15.9. The van der Waals surface area contributed by atoms with Crippen LogP contribution in [0.3, 0.4) is 0 Å². The molecular formula is C55H36O. The Bertz CT molecular complexity index is 3380. The van der Waals surface area contributed by atoms with Crippen molar-refractivity contribution in [2.45, 2.75) is 19.3 Å². The Labute approximate surface area is 325 Å². The second-order valence-corrected chi connectivity index (χ2v) is 15.9. The van der Waals surface area contributed by atoms with Gasteiger partial charge in [0.05, 0.1) is 0 Å². The van der Waals surface area contributed by atoms with E-state index in [1.807, 2.05) is 0 Å². The molecule has 11 aromatic rings. The molecule has 1 aliphatic carbocycles. The molecule has 1 nitrogen and oxygen atoms in total. The van der Waals surface area contributed by atoms with E-state index in [9.17, 15) is 0 Å². The van der Waals surface area contributed by atoms with Crippen molar-refractivity contribution >= 4 is 65.0 Å². The summed E-state index contributed by atoms with van der Waals surface area (Å²) in [6.07, 6.45) is 0. The molecule has 56 heavy (non-hydrogen) atoms. The van der Waals surface area contributed by atoms with Crippen LogP contribution in [0.15, 0.2) is 186 Å². The van der Waals surface area contributed by atoms with E-state index in [1.165, 1.54) is 109 Å². The zero-order valence-corrected chi connectivity index (χ0v) is 31.2. The molecule has 262 valence electrons. The van der Waals surface area contributed by atoms with Crippen LogP contribution in [-0.2, 0) is 5.41 Å². The van der Waals surface area contributed by atoms with E-state index < -0.39 is 0 Å². The fourth-order valence-electron chi connectivity index (χ4n) is 10.2. The van der Waals surface area contributed by atoms with Gasteiger partial charge in [-0.2, -0.15) is 0 Å². The summed E-state index contributed by atoms with van der Waals surface area (Å²) in [4.78, 5) is 0. The van der Waals surface area contributed by atoms with Crippen LogP contribution in [0.1, 0.15) is 25.0 Å². The van der Waals surface area contributed by atoms with Crippen molar-refractivity contribution in [3.63, 3.8) is 0 Å². The molecule has 12 rings (SSSR count). The van der Waals surface area contributed by atoms with Gasteiger partial charge < -0.3 is 4.42 Å². The van der Waals surface area contributed by atoms with Crippen LogP contribution >= 0.6 is 0 Å². The number of furan rings is 1. The summed E-state index contributed by atoms with van der Waals surface area (Å²) in [5, 5.41) is 12.5. The first kappa shape index (κ1) is 31.4. The molecule has 0 N–H and O–H groups in total. The maximum Gasteiger partial charge on any atom is 0.144 e. The molecule has 1 aromatic heterocycles. The molecule has 0 bridgehead atoms. The Morgan fingerprint density at radius 3 is 1.54 bits per heavy atom. The van der Waals surface area contributed by atoms with Gasteiger partial charge >= 0.3 is 0 Å². The largest absolute Gasteiger partial charge is 0.455 e. The third kappa shape index (κ3) is 4.20. The van der Waals surface area contributed by atoms with E-state index >= 15 is 0 Å². The first-order valence-corrected chi connectivity index (χ1v) is 19.6. The summed E-state index contributed by atoms with van der Waals surface area (Å²) in [6.45, 7) is 4.79. The maximum atomic E-state index is 6.80. The SMILES string of the molecule is CC1(C)c2cc(-c3c4ccccc4c(-c4ccc(-c5ccccc5)c5ccccc45)c4ccccc34)ccc2-c2c1c1ccccc1c1c2oc2ccccc21. The van der Waals surface area contributed by atoms with Gasteiger partial charge in [-0.25, -0.2) is 0 Å². The van der Waals surface area contributed by atoms with Gasteiger partial charge in [0.2, 0.25) is 0 Å². The van der Waals surface area contributed by atoms with Crippen molar-refractivity contribution in [2.24, 2.45) is 0 Å². The maximum absolute atomic E-state index is 6.80. The Morgan fingerprint density at radius 2 is 0.857 bits per heavy atom. The number of hydrogen-bond donors (Lipinski definition) is 0. The Kier molecular flexibility index (Phi) is 6.46. The zero-order chi connectivity index (χ0) is 37.1. The molecule has 0 aliphatic heterocycles. The lowest BCUT2D eigenvalue weighted by Gasteiger charge is -2.24. The number of para-hydroxylation sites is 1. The molecular weight excluding hydrogens is 677 g/mol. The minimum Gasteiger partial charge on any atom is -0.455 e.